The Kier molecular flexibility index (Phi) is 6.71. The van der Waals surface area contributed by atoms with Crippen LogP contribution in [0.5, 0.6) is 0 Å². The SMILES string of the molecule is O=CN(CCC1CCCN(c2ccc(N3CCCC3)cn2)C1)C1CCCCC1. The van der Waals surface area contributed by atoms with Crippen molar-refractivity contribution < 1.29 is 4.79 Å². The molecule has 0 spiro atoms. The predicted octanol–water partition coefficient (Wildman–Crippen LogP) is 4.08. The predicted molar refractivity (Wildman–Crippen MR) is 115 cm³/mol. The second kappa shape index (κ2) is 9.62. The van der Waals surface area contributed by atoms with Crippen LogP contribution in [0.2, 0.25) is 0 Å². The lowest BCUT2D eigenvalue weighted by Crippen LogP contribution is -2.40. The summed E-state index contributed by atoms with van der Waals surface area (Å²) in [6.07, 6.45) is 15.7. The Labute approximate surface area is 170 Å². The molecule has 1 atom stereocenters. The molecule has 1 saturated carbocycles. The van der Waals surface area contributed by atoms with Gasteiger partial charge in [-0.3, -0.25) is 4.79 Å². The maximum Gasteiger partial charge on any atom is 0.209 e. The first-order valence-corrected chi connectivity index (χ1v) is 11.5. The molecule has 2 aliphatic heterocycles. The van der Waals surface area contributed by atoms with E-state index < -0.39 is 0 Å². The van der Waals surface area contributed by atoms with Crippen LogP contribution in [0.3, 0.4) is 0 Å². The number of hydrogen-bond donors (Lipinski definition) is 0. The summed E-state index contributed by atoms with van der Waals surface area (Å²) >= 11 is 0. The zero-order valence-electron chi connectivity index (χ0n) is 17.3. The summed E-state index contributed by atoms with van der Waals surface area (Å²) in [6, 6.07) is 4.94. The number of nitrogens with zero attached hydrogens (tertiary/aromatic N) is 4. The maximum atomic E-state index is 11.6. The summed E-state index contributed by atoms with van der Waals surface area (Å²) in [4.78, 5) is 23.4. The molecule has 3 aliphatic rings. The molecule has 1 aromatic heterocycles. The zero-order valence-corrected chi connectivity index (χ0v) is 17.3. The third kappa shape index (κ3) is 4.79. The molecule has 0 N–H and O–H groups in total. The topological polar surface area (TPSA) is 39.7 Å². The van der Waals surface area contributed by atoms with Gasteiger partial charge in [-0.15, -0.1) is 0 Å². The number of carbonyl (C=O) groups is 1. The molecule has 2 saturated heterocycles. The lowest BCUT2D eigenvalue weighted by atomic mass is 9.92. The van der Waals surface area contributed by atoms with Gasteiger partial charge in [0.15, 0.2) is 0 Å². The van der Waals surface area contributed by atoms with E-state index in [0.29, 0.717) is 12.0 Å². The summed E-state index contributed by atoms with van der Waals surface area (Å²) in [6.45, 7) is 5.44. The summed E-state index contributed by atoms with van der Waals surface area (Å²) in [5.41, 5.74) is 1.27. The molecule has 1 unspecified atom stereocenters. The molecule has 3 heterocycles. The summed E-state index contributed by atoms with van der Waals surface area (Å²) < 4.78 is 0. The van der Waals surface area contributed by atoms with Crippen LogP contribution in [0.25, 0.3) is 0 Å². The first-order valence-electron chi connectivity index (χ1n) is 11.5. The number of aromatic nitrogens is 1. The highest BCUT2D eigenvalue weighted by Gasteiger charge is 2.24. The van der Waals surface area contributed by atoms with E-state index in [9.17, 15) is 4.79 Å². The largest absolute Gasteiger partial charge is 0.370 e. The molecule has 0 bridgehead atoms. The van der Waals surface area contributed by atoms with E-state index >= 15 is 0 Å². The standard InChI is InChI=1S/C23H36N4O/c28-19-27(21-8-2-1-3-9-21)16-12-20-7-6-15-26(18-20)23-11-10-22(17-24-23)25-13-4-5-14-25/h10-11,17,19-21H,1-9,12-16,18H2. The van der Waals surface area contributed by atoms with Gasteiger partial charge in [-0.1, -0.05) is 19.3 Å². The van der Waals surface area contributed by atoms with Gasteiger partial charge < -0.3 is 14.7 Å². The van der Waals surface area contributed by atoms with Gasteiger partial charge in [-0.05, 0) is 63.0 Å². The van der Waals surface area contributed by atoms with E-state index in [1.807, 2.05) is 0 Å². The van der Waals surface area contributed by atoms with Gasteiger partial charge >= 0.3 is 0 Å². The highest BCUT2D eigenvalue weighted by atomic mass is 16.1. The van der Waals surface area contributed by atoms with E-state index in [1.54, 1.807) is 0 Å². The Hall–Kier alpha value is -1.78. The Morgan fingerprint density at radius 2 is 1.75 bits per heavy atom. The first kappa shape index (κ1) is 19.5. The smallest absolute Gasteiger partial charge is 0.209 e. The van der Waals surface area contributed by atoms with Gasteiger partial charge in [0, 0.05) is 38.8 Å². The van der Waals surface area contributed by atoms with E-state index in [1.165, 1.54) is 76.6 Å². The number of pyridine rings is 1. The van der Waals surface area contributed by atoms with Crippen molar-refractivity contribution in [1.29, 1.82) is 0 Å². The second-order valence-electron chi connectivity index (χ2n) is 8.95. The summed E-state index contributed by atoms with van der Waals surface area (Å²) in [5, 5.41) is 0. The Balaban J connectivity index is 1.29. The molecule has 1 amide bonds. The van der Waals surface area contributed by atoms with Gasteiger partial charge in [0.05, 0.1) is 11.9 Å². The Bertz CT molecular complexity index is 608. The van der Waals surface area contributed by atoms with Gasteiger partial charge in [0.2, 0.25) is 6.41 Å². The minimum absolute atomic E-state index is 0.491. The average molecular weight is 385 g/mol. The van der Waals surface area contributed by atoms with Crippen molar-refractivity contribution in [2.24, 2.45) is 5.92 Å². The third-order valence-corrected chi connectivity index (χ3v) is 7.02. The molecule has 154 valence electrons. The van der Waals surface area contributed by atoms with Crippen LogP contribution >= 0.6 is 0 Å². The quantitative estimate of drug-likeness (QED) is 0.664. The summed E-state index contributed by atoms with van der Waals surface area (Å²) in [5.74, 6) is 1.78. The highest BCUT2D eigenvalue weighted by molar-refractivity contribution is 5.51. The maximum absolute atomic E-state index is 11.6. The molecule has 4 rings (SSSR count). The monoisotopic (exact) mass is 384 g/mol. The van der Waals surface area contributed by atoms with Crippen LogP contribution in [0.15, 0.2) is 18.3 Å². The van der Waals surface area contributed by atoms with Gasteiger partial charge in [-0.2, -0.15) is 0 Å². The van der Waals surface area contributed by atoms with Crippen molar-refractivity contribution >= 4 is 17.9 Å². The number of piperidine rings is 1. The Morgan fingerprint density at radius 1 is 0.964 bits per heavy atom. The third-order valence-electron chi connectivity index (χ3n) is 7.02. The minimum atomic E-state index is 0.491. The van der Waals surface area contributed by atoms with Crippen LogP contribution in [0.1, 0.15) is 64.2 Å². The number of rotatable bonds is 7. The average Bonchev–Trinajstić information content (AvgIpc) is 3.30. The first-order chi connectivity index (χ1) is 13.8. The van der Waals surface area contributed by atoms with Gasteiger partial charge in [-0.25, -0.2) is 4.98 Å². The van der Waals surface area contributed by atoms with E-state index in [0.717, 1.165) is 38.3 Å². The fraction of sp³-hybridized carbons (Fsp3) is 0.739. The second-order valence-corrected chi connectivity index (χ2v) is 8.95. The molecule has 1 aliphatic carbocycles. The molecule has 1 aromatic rings. The molecule has 3 fully saturated rings. The molecule has 0 aromatic carbocycles. The van der Waals surface area contributed by atoms with Gasteiger partial charge in [0.25, 0.3) is 0 Å². The van der Waals surface area contributed by atoms with Crippen molar-refractivity contribution in [3.8, 4) is 0 Å². The van der Waals surface area contributed by atoms with Crippen molar-refractivity contribution in [1.82, 2.24) is 9.88 Å². The highest BCUT2D eigenvalue weighted by Crippen LogP contribution is 2.27. The van der Waals surface area contributed by atoms with Crippen LogP contribution in [0, 0.1) is 5.92 Å². The fourth-order valence-electron chi connectivity index (χ4n) is 5.30. The molecule has 28 heavy (non-hydrogen) atoms. The van der Waals surface area contributed by atoms with Crippen LogP contribution < -0.4 is 9.80 Å². The molecular formula is C23H36N4O. The molecule has 0 radical (unpaired) electrons. The Morgan fingerprint density at radius 3 is 2.46 bits per heavy atom. The lowest BCUT2D eigenvalue weighted by Gasteiger charge is -2.36. The van der Waals surface area contributed by atoms with Gasteiger partial charge in [0.1, 0.15) is 5.82 Å². The van der Waals surface area contributed by atoms with E-state index in [4.69, 9.17) is 4.98 Å². The van der Waals surface area contributed by atoms with Crippen molar-refractivity contribution in [2.45, 2.75) is 70.3 Å². The van der Waals surface area contributed by atoms with Crippen LogP contribution in [-0.2, 0) is 4.79 Å². The number of anilines is 2. The molecule has 5 heteroatoms. The number of hydrogen-bond acceptors (Lipinski definition) is 4. The zero-order chi connectivity index (χ0) is 19.2. The van der Waals surface area contributed by atoms with Crippen molar-refractivity contribution in [3.63, 3.8) is 0 Å². The molecular weight excluding hydrogens is 348 g/mol. The van der Waals surface area contributed by atoms with Crippen molar-refractivity contribution in [3.05, 3.63) is 18.3 Å². The minimum Gasteiger partial charge on any atom is -0.370 e. The number of amides is 1. The normalized spacial score (nSPS) is 23.8. The molecule has 5 nitrogen and oxygen atoms in total. The lowest BCUT2D eigenvalue weighted by molar-refractivity contribution is -0.121. The van der Waals surface area contributed by atoms with Crippen molar-refractivity contribution in [2.75, 3.05) is 42.5 Å². The van der Waals surface area contributed by atoms with E-state index in [-0.39, 0.29) is 0 Å². The van der Waals surface area contributed by atoms with Crippen LogP contribution in [-0.4, -0.2) is 55.1 Å². The van der Waals surface area contributed by atoms with E-state index in [2.05, 4.69) is 33.0 Å². The number of carbonyl (C=O) groups excluding carboxylic acids is 1. The van der Waals surface area contributed by atoms with Crippen LogP contribution in [0.4, 0.5) is 11.5 Å². The fourth-order valence-corrected chi connectivity index (χ4v) is 5.30. The summed E-state index contributed by atoms with van der Waals surface area (Å²) in [7, 11) is 0.